The van der Waals surface area contributed by atoms with E-state index in [1.54, 1.807) is 19.2 Å². The molecule has 3 aliphatic carbocycles. The van der Waals surface area contributed by atoms with E-state index in [-0.39, 0.29) is 61.6 Å². The van der Waals surface area contributed by atoms with Gasteiger partial charge in [0.25, 0.3) is 0 Å². The Labute approximate surface area is 378 Å². The van der Waals surface area contributed by atoms with Crippen LogP contribution >= 0.6 is 0 Å². The smallest absolute Gasteiger partial charge is 0.200 e. The van der Waals surface area contributed by atoms with Crippen molar-refractivity contribution in [1.82, 2.24) is 5.32 Å². The Hall–Kier alpha value is -6.05. The van der Waals surface area contributed by atoms with Crippen molar-refractivity contribution in [2.45, 2.75) is 62.7 Å². The molecule has 0 saturated heterocycles. The van der Waals surface area contributed by atoms with Crippen LogP contribution in [0.4, 0.5) is 5.69 Å². The van der Waals surface area contributed by atoms with E-state index >= 15 is 0 Å². The number of phenols is 1. The fourth-order valence-electron chi connectivity index (χ4n) is 11.8. The maximum Gasteiger partial charge on any atom is 0.200 e. The molecule has 0 aromatic heterocycles. The molecule has 2 heterocycles. The minimum Gasteiger partial charge on any atom is -0.502 e. The maximum atomic E-state index is 12.5. The molecule has 7 atom stereocenters. The zero-order valence-electron chi connectivity index (χ0n) is 36.9. The van der Waals surface area contributed by atoms with Crippen molar-refractivity contribution in [2.24, 2.45) is 17.8 Å². The number of aliphatic hydroxyl groups excluding tert-OH is 3. The van der Waals surface area contributed by atoms with Crippen LogP contribution in [0.15, 0.2) is 78.9 Å². The third kappa shape index (κ3) is 7.09. The normalized spacial score (nSPS) is 23.6. The van der Waals surface area contributed by atoms with Gasteiger partial charge in [-0.3, -0.25) is 5.32 Å². The van der Waals surface area contributed by atoms with Crippen molar-refractivity contribution in [3.05, 3.63) is 123 Å². The minimum atomic E-state index is -1.05. The van der Waals surface area contributed by atoms with Crippen molar-refractivity contribution < 1.29 is 48.9 Å². The average Bonchev–Trinajstić information content (AvgIpc) is 3.72. The van der Waals surface area contributed by atoms with E-state index in [1.807, 2.05) is 49.4 Å². The second kappa shape index (κ2) is 17.4. The first-order valence-electron chi connectivity index (χ1n) is 22.7. The number of aldehydes is 1. The molecular weight excluding hydrogens is 825 g/mol. The Balaban J connectivity index is 0.985. The summed E-state index contributed by atoms with van der Waals surface area (Å²) in [6.07, 6.45) is 4.28. The first kappa shape index (κ1) is 42.9. The largest absolute Gasteiger partial charge is 0.502 e. The molecule has 10 rings (SSSR count). The minimum absolute atomic E-state index is 0.0774. The molecule has 6 N–H and O–H groups in total. The number of carbonyl (C=O) groups excluding carboxylic acids is 1. The number of fused-ring (bicyclic) bond motifs is 4. The van der Waals surface area contributed by atoms with Crippen LogP contribution in [0.1, 0.15) is 77.8 Å². The fraction of sp³-hybridized carbons (Fsp3) is 0.377. The summed E-state index contributed by atoms with van der Waals surface area (Å²) in [4.78, 5) is 12.1. The van der Waals surface area contributed by atoms with E-state index in [0.29, 0.717) is 71.9 Å². The standard InChI is InChI=1S/C53H56N2O10/c1-4-54-28-65-43-22-41(61-2)36-14-15-37-46-40(55-52(60)49(43)48(36)46)21-42-47(37)50(58)39(27-64-42)30-19-44(62-3)51(59)45(20-30)63-26-33(25-57)53(32-11-6-5-7-12-32)23-31-18-29-10-8-9-13-34(29)35(16-17-56)38(31)24-53/h5-13,17-22,31,33,38-39,50,52,54-55,57-60H,4,14-16,23-28H2,1-3H3. The summed E-state index contributed by atoms with van der Waals surface area (Å²) >= 11 is 0. The average molecular weight is 881 g/mol. The number of hydrogen-bond acceptors (Lipinski definition) is 12. The number of ether oxygens (including phenoxy) is 5. The lowest BCUT2D eigenvalue weighted by molar-refractivity contribution is -0.107. The zero-order valence-corrected chi connectivity index (χ0v) is 36.9. The molecular formula is C53H56N2O10. The van der Waals surface area contributed by atoms with Crippen LogP contribution in [0.5, 0.6) is 34.5 Å². The van der Waals surface area contributed by atoms with Crippen LogP contribution in [-0.4, -0.2) is 74.0 Å². The number of benzene rings is 5. The Morgan fingerprint density at radius 2 is 1.65 bits per heavy atom. The molecule has 12 nitrogen and oxygen atoms in total. The van der Waals surface area contributed by atoms with Crippen molar-refractivity contribution in [2.75, 3.05) is 52.6 Å². The second-order valence-electron chi connectivity index (χ2n) is 17.9. The van der Waals surface area contributed by atoms with Crippen molar-refractivity contribution in [1.29, 1.82) is 0 Å². The highest BCUT2D eigenvalue weighted by molar-refractivity contribution is 5.93. The molecule has 0 radical (unpaired) electrons. The number of hydrogen-bond donors (Lipinski definition) is 6. The maximum absolute atomic E-state index is 12.5. The fourth-order valence-corrected chi connectivity index (χ4v) is 11.8. The monoisotopic (exact) mass is 880 g/mol. The summed E-state index contributed by atoms with van der Waals surface area (Å²) in [6, 6.07) is 25.7. The van der Waals surface area contributed by atoms with E-state index in [1.165, 1.54) is 7.11 Å². The number of nitrogens with one attached hydrogen (secondary N) is 2. The van der Waals surface area contributed by atoms with E-state index in [2.05, 4.69) is 41.0 Å². The Morgan fingerprint density at radius 1 is 0.877 bits per heavy atom. The van der Waals surface area contributed by atoms with Gasteiger partial charge in [-0.2, -0.15) is 0 Å². The summed E-state index contributed by atoms with van der Waals surface area (Å²) in [6.45, 7) is 2.99. The van der Waals surface area contributed by atoms with Gasteiger partial charge in [0.15, 0.2) is 17.7 Å². The molecule has 0 bridgehead atoms. The SMILES string of the molecule is CCNCOc1cc(OC)c2c3c1C(O)Nc1cc4c(c(c1-3)CC2)C(O)C(c1cc(OC)c(O)c(OCC(CO)C2(c3ccccc3)CC3C=c5ccccc5=C(CC=O)C3C2)c1)CO4. The van der Waals surface area contributed by atoms with Gasteiger partial charge in [-0.1, -0.05) is 73.2 Å². The van der Waals surface area contributed by atoms with Crippen LogP contribution in [0.25, 0.3) is 22.8 Å². The molecule has 1 fully saturated rings. The number of methoxy groups -OCH3 is 2. The number of rotatable bonds is 15. The van der Waals surface area contributed by atoms with E-state index in [0.717, 1.165) is 56.5 Å². The Kier molecular flexibility index (Phi) is 11.5. The van der Waals surface area contributed by atoms with Crippen molar-refractivity contribution in [3.63, 3.8) is 0 Å². The van der Waals surface area contributed by atoms with Crippen molar-refractivity contribution in [3.8, 4) is 45.6 Å². The van der Waals surface area contributed by atoms with Gasteiger partial charge in [0.1, 0.15) is 30.3 Å². The van der Waals surface area contributed by atoms with E-state index < -0.39 is 23.7 Å². The van der Waals surface area contributed by atoms with Gasteiger partial charge >= 0.3 is 0 Å². The lowest BCUT2D eigenvalue weighted by Gasteiger charge is -2.39. The molecule has 65 heavy (non-hydrogen) atoms. The molecule has 0 spiro atoms. The van der Waals surface area contributed by atoms with Crippen LogP contribution in [-0.2, 0) is 23.1 Å². The molecule has 338 valence electrons. The van der Waals surface area contributed by atoms with Gasteiger partial charge in [-0.15, -0.1) is 0 Å². The molecule has 5 aliphatic rings. The summed E-state index contributed by atoms with van der Waals surface area (Å²) in [5.74, 6) is 1.17. The lowest BCUT2D eigenvalue weighted by atomic mass is 9.68. The molecule has 7 unspecified atom stereocenters. The molecule has 5 aromatic rings. The number of anilines is 1. The molecule has 0 amide bonds. The molecule has 12 heteroatoms. The first-order valence-corrected chi connectivity index (χ1v) is 22.7. The highest BCUT2D eigenvalue weighted by Gasteiger charge is 2.52. The van der Waals surface area contributed by atoms with Crippen molar-refractivity contribution >= 4 is 23.6 Å². The number of carbonyl (C=O) groups is 1. The van der Waals surface area contributed by atoms with Gasteiger partial charge < -0.3 is 54.2 Å². The molecule has 1 saturated carbocycles. The van der Waals surface area contributed by atoms with Crippen LogP contribution < -0.4 is 44.8 Å². The Bertz CT molecular complexity index is 2780. The quantitative estimate of drug-likeness (QED) is 0.0418. The molecule has 5 aromatic carbocycles. The number of phenolic OH excluding ortho intramolecular Hbond substituents is 1. The third-order valence-electron chi connectivity index (χ3n) is 14.8. The first-order chi connectivity index (χ1) is 31.7. The van der Waals surface area contributed by atoms with Gasteiger partial charge in [0, 0.05) is 70.4 Å². The van der Waals surface area contributed by atoms with Gasteiger partial charge in [-0.25, -0.2) is 0 Å². The predicted molar refractivity (Wildman–Crippen MR) is 246 cm³/mol. The summed E-state index contributed by atoms with van der Waals surface area (Å²) in [5.41, 5.74) is 7.95. The highest BCUT2D eigenvalue weighted by Crippen LogP contribution is 2.59. The Morgan fingerprint density at radius 3 is 2.42 bits per heavy atom. The zero-order chi connectivity index (χ0) is 45.0. The second-order valence-corrected chi connectivity index (χ2v) is 17.9. The lowest BCUT2D eigenvalue weighted by Crippen LogP contribution is -2.39. The van der Waals surface area contributed by atoms with Crippen LogP contribution in [0.2, 0.25) is 0 Å². The summed E-state index contributed by atoms with van der Waals surface area (Å²) in [5, 5.41) is 55.6. The van der Waals surface area contributed by atoms with Crippen LogP contribution in [0.3, 0.4) is 0 Å². The third-order valence-corrected chi connectivity index (χ3v) is 14.8. The molecule has 2 aliphatic heterocycles. The van der Waals surface area contributed by atoms with E-state index in [9.17, 15) is 25.2 Å². The highest BCUT2D eigenvalue weighted by atomic mass is 16.5. The summed E-state index contributed by atoms with van der Waals surface area (Å²) in [7, 11) is 3.11. The summed E-state index contributed by atoms with van der Waals surface area (Å²) < 4.78 is 30.9. The van der Waals surface area contributed by atoms with E-state index in [4.69, 9.17) is 23.7 Å². The predicted octanol–water partition coefficient (Wildman–Crippen LogP) is 5.93. The van der Waals surface area contributed by atoms with Crippen LogP contribution in [0, 0.1) is 17.8 Å². The van der Waals surface area contributed by atoms with Gasteiger partial charge in [0.05, 0.1) is 39.1 Å². The number of aliphatic hydroxyl groups is 3. The van der Waals surface area contributed by atoms with Gasteiger partial charge in [0.2, 0.25) is 5.75 Å². The topological polar surface area (TPSA) is 168 Å². The number of aromatic hydroxyl groups is 1. The van der Waals surface area contributed by atoms with Gasteiger partial charge in [-0.05, 0) is 83.3 Å².